The smallest absolute Gasteiger partial charge is 0.252 e. The summed E-state index contributed by atoms with van der Waals surface area (Å²) in [4.78, 5) is 12.8. The molecule has 1 heterocycles. The zero-order chi connectivity index (χ0) is 17.0. The summed E-state index contributed by atoms with van der Waals surface area (Å²) in [7, 11) is -3.83. The number of rotatable bonds is 7. The minimum Gasteiger partial charge on any atom is -0.493 e. The average Bonchev–Trinajstić information content (AvgIpc) is 3.02. The van der Waals surface area contributed by atoms with Crippen molar-refractivity contribution < 1.29 is 27.3 Å². The first-order valence-electron chi connectivity index (χ1n) is 6.27. The SMILES string of the molecule is COc1cccc(-c2ncc(S(=O)(=O)NC[PH](=O)O)s2)c1OC. The van der Waals surface area contributed by atoms with Crippen molar-refractivity contribution in [1.29, 1.82) is 0 Å². The zero-order valence-corrected chi connectivity index (χ0v) is 14.9. The van der Waals surface area contributed by atoms with Crippen LogP contribution < -0.4 is 14.2 Å². The molecule has 0 aliphatic rings. The monoisotopic (exact) mass is 378 g/mol. The van der Waals surface area contributed by atoms with E-state index in [1.165, 1.54) is 20.4 Å². The van der Waals surface area contributed by atoms with Crippen molar-refractivity contribution in [1.82, 2.24) is 9.71 Å². The molecule has 0 aliphatic heterocycles. The van der Waals surface area contributed by atoms with E-state index < -0.39 is 24.3 Å². The van der Waals surface area contributed by atoms with Crippen LogP contribution in [-0.4, -0.2) is 38.8 Å². The maximum Gasteiger partial charge on any atom is 0.252 e. The third-order valence-corrected chi connectivity index (χ3v) is 6.42. The fourth-order valence-electron chi connectivity index (χ4n) is 1.79. The van der Waals surface area contributed by atoms with Gasteiger partial charge in [0.15, 0.2) is 15.7 Å². The molecule has 0 aliphatic carbocycles. The van der Waals surface area contributed by atoms with Crippen LogP contribution in [0.25, 0.3) is 10.6 Å². The second-order valence-electron chi connectivity index (χ2n) is 4.24. The van der Waals surface area contributed by atoms with E-state index >= 15 is 0 Å². The van der Waals surface area contributed by atoms with Crippen molar-refractivity contribution in [3.8, 4) is 22.1 Å². The molecule has 1 unspecified atom stereocenters. The minimum absolute atomic E-state index is 0.0550. The van der Waals surface area contributed by atoms with Gasteiger partial charge in [-0.25, -0.2) is 18.1 Å². The summed E-state index contributed by atoms with van der Waals surface area (Å²) in [5, 5.41) is 0.428. The molecule has 2 rings (SSSR count). The van der Waals surface area contributed by atoms with E-state index in [1.54, 1.807) is 18.2 Å². The van der Waals surface area contributed by atoms with Crippen molar-refractivity contribution in [2.24, 2.45) is 0 Å². The standard InChI is InChI=1S/C12H15N2O6PS2/c1-19-9-5-3-4-8(11(9)20-2)12-13-6-10(22-12)23(17,18)14-7-21(15)16/h3-6,14,21H,7H2,1-2H3,(H,15,16). The lowest BCUT2D eigenvalue weighted by molar-refractivity contribution is 0.356. The van der Waals surface area contributed by atoms with Gasteiger partial charge < -0.3 is 14.4 Å². The lowest BCUT2D eigenvalue weighted by Crippen LogP contribution is -2.22. The Hall–Kier alpha value is -1.45. The highest BCUT2D eigenvalue weighted by molar-refractivity contribution is 7.91. The summed E-state index contributed by atoms with van der Waals surface area (Å²) in [6.07, 6.45) is 0.679. The predicted octanol–water partition coefficient (Wildman–Crippen LogP) is 1.53. The number of para-hydroxylation sites is 1. The van der Waals surface area contributed by atoms with Gasteiger partial charge >= 0.3 is 0 Å². The van der Waals surface area contributed by atoms with Gasteiger partial charge in [-0.05, 0) is 12.1 Å². The van der Waals surface area contributed by atoms with E-state index in [4.69, 9.17) is 14.4 Å². The van der Waals surface area contributed by atoms with Gasteiger partial charge in [0.2, 0.25) is 8.03 Å². The Bertz CT molecular complexity index is 821. The average molecular weight is 378 g/mol. The van der Waals surface area contributed by atoms with Gasteiger partial charge in [0.1, 0.15) is 5.01 Å². The molecule has 23 heavy (non-hydrogen) atoms. The summed E-state index contributed by atoms with van der Waals surface area (Å²) >= 11 is 0.924. The second-order valence-corrected chi connectivity index (χ2v) is 8.41. The van der Waals surface area contributed by atoms with E-state index in [2.05, 4.69) is 9.71 Å². The predicted molar refractivity (Wildman–Crippen MR) is 87.1 cm³/mol. The molecule has 8 nitrogen and oxygen atoms in total. The van der Waals surface area contributed by atoms with E-state index in [1.807, 2.05) is 0 Å². The van der Waals surface area contributed by atoms with Gasteiger partial charge in [0, 0.05) is 0 Å². The maximum absolute atomic E-state index is 12.0. The fourth-order valence-corrected chi connectivity index (χ4v) is 4.90. The van der Waals surface area contributed by atoms with Crippen LogP contribution in [0.4, 0.5) is 0 Å². The Morgan fingerprint density at radius 3 is 2.70 bits per heavy atom. The number of aromatic nitrogens is 1. The maximum atomic E-state index is 12.0. The lowest BCUT2D eigenvalue weighted by Gasteiger charge is -2.10. The molecular weight excluding hydrogens is 363 g/mol. The molecule has 0 saturated heterocycles. The third-order valence-electron chi connectivity index (χ3n) is 2.80. The Kier molecular flexibility index (Phi) is 5.77. The molecule has 11 heteroatoms. The number of hydrogen-bond acceptors (Lipinski definition) is 7. The molecule has 0 fully saturated rings. The topological polar surface area (TPSA) is 115 Å². The van der Waals surface area contributed by atoms with Crippen molar-refractivity contribution in [3.05, 3.63) is 24.4 Å². The first-order chi connectivity index (χ1) is 10.9. The molecule has 0 spiro atoms. The Balaban J connectivity index is 2.38. The van der Waals surface area contributed by atoms with Crippen LogP contribution in [0, 0.1) is 0 Å². The van der Waals surface area contributed by atoms with Gasteiger partial charge in [0.05, 0.1) is 32.3 Å². The third kappa shape index (κ3) is 4.10. The van der Waals surface area contributed by atoms with Crippen LogP contribution >= 0.6 is 19.4 Å². The first kappa shape index (κ1) is 17.9. The largest absolute Gasteiger partial charge is 0.493 e. The zero-order valence-electron chi connectivity index (χ0n) is 12.3. The van der Waals surface area contributed by atoms with Gasteiger partial charge in [-0.1, -0.05) is 6.07 Å². The van der Waals surface area contributed by atoms with Crippen LogP contribution in [0.5, 0.6) is 11.5 Å². The Morgan fingerprint density at radius 2 is 2.09 bits per heavy atom. The highest BCUT2D eigenvalue weighted by atomic mass is 32.2. The van der Waals surface area contributed by atoms with Crippen LogP contribution in [0.2, 0.25) is 0 Å². The minimum atomic E-state index is -3.88. The molecule has 1 atom stereocenters. The second kappa shape index (κ2) is 7.41. The van der Waals surface area contributed by atoms with Crippen LogP contribution in [-0.2, 0) is 14.6 Å². The van der Waals surface area contributed by atoms with Gasteiger partial charge in [-0.3, -0.25) is 4.57 Å². The molecule has 1 aromatic heterocycles. The van der Waals surface area contributed by atoms with Crippen LogP contribution in [0.15, 0.2) is 28.6 Å². The van der Waals surface area contributed by atoms with Crippen LogP contribution in [0.1, 0.15) is 0 Å². The van der Waals surface area contributed by atoms with E-state index in [-0.39, 0.29) is 4.21 Å². The van der Waals surface area contributed by atoms with Gasteiger partial charge in [-0.15, -0.1) is 11.3 Å². The Morgan fingerprint density at radius 1 is 1.35 bits per heavy atom. The van der Waals surface area contributed by atoms with Crippen molar-refractivity contribution in [3.63, 3.8) is 0 Å². The van der Waals surface area contributed by atoms with Crippen molar-refractivity contribution in [2.75, 3.05) is 20.5 Å². The molecular formula is C12H15N2O6PS2. The lowest BCUT2D eigenvalue weighted by atomic mass is 10.2. The van der Waals surface area contributed by atoms with E-state index in [0.717, 1.165) is 11.3 Å². The number of hydrogen-bond donors (Lipinski definition) is 2. The molecule has 126 valence electrons. The van der Waals surface area contributed by atoms with E-state index in [0.29, 0.717) is 22.1 Å². The number of ether oxygens (including phenoxy) is 2. The first-order valence-corrected chi connectivity index (χ1v) is 10.1. The molecule has 0 bridgehead atoms. The van der Waals surface area contributed by atoms with E-state index in [9.17, 15) is 13.0 Å². The highest BCUT2D eigenvalue weighted by Crippen LogP contribution is 2.40. The van der Waals surface area contributed by atoms with Crippen LogP contribution in [0.3, 0.4) is 0 Å². The quantitative estimate of drug-likeness (QED) is 0.702. The summed E-state index contributed by atoms with van der Waals surface area (Å²) in [5.41, 5.74) is 0.592. The number of thiazole rings is 1. The summed E-state index contributed by atoms with van der Waals surface area (Å²) in [5.74, 6) is 0.947. The number of nitrogens with one attached hydrogen (secondary N) is 1. The molecule has 2 N–H and O–H groups in total. The summed E-state index contributed by atoms with van der Waals surface area (Å²) in [6, 6.07) is 5.19. The Labute approximate surface area is 138 Å². The molecule has 0 saturated carbocycles. The normalized spacial score (nSPS) is 12.8. The van der Waals surface area contributed by atoms with Crippen molar-refractivity contribution in [2.45, 2.75) is 4.21 Å². The summed E-state index contributed by atoms with van der Waals surface area (Å²) in [6.45, 7) is 0. The number of benzene rings is 1. The fraction of sp³-hybridized carbons (Fsp3) is 0.250. The van der Waals surface area contributed by atoms with Gasteiger partial charge in [-0.2, -0.15) is 0 Å². The number of nitrogens with zero attached hydrogens (tertiary/aromatic N) is 1. The van der Waals surface area contributed by atoms with Crippen molar-refractivity contribution >= 4 is 29.4 Å². The summed E-state index contributed by atoms with van der Waals surface area (Å²) < 4.78 is 47.2. The molecule has 0 radical (unpaired) electrons. The highest BCUT2D eigenvalue weighted by Gasteiger charge is 2.21. The molecule has 0 amide bonds. The molecule has 1 aromatic carbocycles. The number of sulfonamides is 1. The van der Waals surface area contributed by atoms with Gasteiger partial charge in [0.25, 0.3) is 10.0 Å². The molecule has 2 aromatic rings. The number of methoxy groups -OCH3 is 2.